The lowest BCUT2D eigenvalue weighted by molar-refractivity contribution is -0.106. The summed E-state index contributed by atoms with van der Waals surface area (Å²) in [5.74, 6) is 0.818. The smallest absolute Gasteiger partial charge is 0.431 e. The number of carbonyl (C=O) groups excluding carboxylic acids is 1. The molecule has 3 aliphatic rings. The van der Waals surface area contributed by atoms with E-state index in [-0.39, 0.29) is 29.4 Å². The van der Waals surface area contributed by atoms with E-state index in [0.29, 0.717) is 17.1 Å². The Morgan fingerprint density at radius 2 is 2.06 bits per heavy atom. The highest BCUT2D eigenvalue weighted by atomic mass is 16.7. The lowest BCUT2D eigenvalue weighted by Gasteiger charge is -2.41. The average molecular weight is 461 g/mol. The lowest BCUT2D eigenvalue weighted by Crippen LogP contribution is -2.44. The highest BCUT2D eigenvalue weighted by Gasteiger charge is 2.61. The zero-order valence-corrected chi connectivity index (χ0v) is 19.4. The number of nitrogens with two attached hydrogens (primary N) is 1. The van der Waals surface area contributed by atoms with Crippen LogP contribution < -0.4 is 5.73 Å². The molecule has 2 aliphatic carbocycles. The van der Waals surface area contributed by atoms with E-state index in [1.807, 2.05) is 0 Å². The molecule has 2 aromatic heterocycles. The Kier molecular flexibility index (Phi) is 4.94. The zero-order chi connectivity index (χ0) is 23.8. The second-order valence-corrected chi connectivity index (χ2v) is 10.8. The molecule has 0 aromatic carbocycles. The van der Waals surface area contributed by atoms with Crippen LogP contribution in [0.1, 0.15) is 52.7 Å². The van der Waals surface area contributed by atoms with Crippen LogP contribution in [-0.4, -0.2) is 62.0 Å². The van der Waals surface area contributed by atoms with Crippen LogP contribution in [0.2, 0.25) is 0 Å². The number of ether oxygens (including phenoxy) is 3. The predicted octanol–water partition coefficient (Wildman–Crippen LogP) is 2.02. The van der Waals surface area contributed by atoms with Crippen LogP contribution >= 0.6 is 0 Å². The van der Waals surface area contributed by atoms with Crippen LogP contribution in [0.15, 0.2) is 18.5 Å². The number of anilines is 1. The summed E-state index contributed by atoms with van der Waals surface area (Å²) in [5.41, 5.74) is 5.52. The molecule has 0 amide bonds. The van der Waals surface area contributed by atoms with Crippen molar-refractivity contribution in [3.05, 3.63) is 24.2 Å². The van der Waals surface area contributed by atoms with Crippen molar-refractivity contribution < 1.29 is 29.2 Å². The molecular weight excluding hydrogens is 428 g/mol. The van der Waals surface area contributed by atoms with E-state index in [0.717, 1.165) is 19.3 Å². The van der Waals surface area contributed by atoms with Crippen molar-refractivity contribution in [1.29, 1.82) is 0 Å². The van der Waals surface area contributed by atoms with E-state index in [1.165, 1.54) is 10.8 Å². The molecule has 0 spiro atoms. The van der Waals surface area contributed by atoms with Crippen molar-refractivity contribution >= 4 is 17.5 Å². The van der Waals surface area contributed by atoms with Crippen molar-refractivity contribution in [3.63, 3.8) is 0 Å². The molecule has 33 heavy (non-hydrogen) atoms. The van der Waals surface area contributed by atoms with Crippen LogP contribution in [0.3, 0.4) is 0 Å². The Labute approximate surface area is 192 Å². The number of hydrogen-bond acceptors (Lipinski definition) is 9. The summed E-state index contributed by atoms with van der Waals surface area (Å²) >= 11 is 0. The van der Waals surface area contributed by atoms with Crippen LogP contribution in [0.4, 0.5) is 10.6 Å². The number of carbonyl (C=O) groups is 1. The summed E-state index contributed by atoms with van der Waals surface area (Å²) in [5, 5.41) is 25.7. The molecule has 10 heteroatoms. The Balaban J connectivity index is 1.27. The monoisotopic (exact) mass is 460 g/mol. The summed E-state index contributed by atoms with van der Waals surface area (Å²) in [6.07, 6.45) is 0.0472. The van der Waals surface area contributed by atoms with Gasteiger partial charge >= 0.3 is 6.16 Å². The van der Waals surface area contributed by atoms with Gasteiger partial charge in [-0.1, -0.05) is 20.8 Å². The van der Waals surface area contributed by atoms with Gasteiger partial charge in [-0.15, -0.1) is 0 Å². The van der Waals surface area contributed by atoms with Crippen LogP contribution in [0.25, 0.3) is 5.52 Å². The minimum absolute atomic E-state index is 0.0366. The van der Waals surface area contributed by atoms with Crippen molar-refractivity contribution in [2.45, 2.75) is 77.0 Å². The third-order valence-electron chi connectivity index (χ3n) is 8.37. The van der Waals surface area contributed by atoms with Gasteiger partial charge in [0.15, 0.2) is 5.82 Å². The first-order chi connectivity index (χ1) is 15.5. The molecule has 2 aromatic rings. The summed E-state index contributed by atoms with van der Waals surface area (Å²) in [4.78, 5) is 16.5. The Morgan fingerprint density at radius 3 is 2.76 bits per heavy atom. The number of aromatic nitrogens is 3. The summed E-state index contributed by atoms with van der Waals surface area (Å²) in [7, 11) is 0. The van der Waals surface area contributed by atoms with E-state index in [1.54, 1.807) is 19.1 Å². The first-order valence-electron chi connectivity index (χ1n) is 11.4. The van der Waals surface area contributed by atoms with Gasteiger partial charge in [-0.3, -0.25) is 0 Å². The van der Waals surface area contributed by atoms with E-state index >= 15 is 0 Å². The molecule has 1 aliphatic heterocycles. The number of rotatable bonds is 4. The second kappa shape index (κ2) is 7.28. The van der Waals surface area contributed by atoms with E-state index in [2.05, 4.69) is 30.9 Å². The van der Waals surface area contributed by atoms with Crippen molar-refractivity contribution in [2.75, 3.05) is 12.3 Å². The molecule has 5 rings (SSSR count). The first kappa shape index (κ1) is 22.4. The number of aliphatic hydroxyl groups excluding tert-OH is 2. The van der Waals surface area contributed by atoms with Crippen molar-refractivity contribution in [1.82, 2.24) is 14.6 Å². The van der Waals surface area contributed by atoms with Gasteiger partial charge in [-0.25, -0.2) is 14.3 Å². The summed E-state index contributed by atoms with van der Waals surface area (Å²) < 4.78 is 18.7. The summed E-state index contributed by atoms with van der Waals surface area (Å²) in [6.45, 7) is 7.86. The van der Waals surface area contributed by atoms with Crippen molar-refractivity contribution in [3.8, 4) is 0 Å². The van der Waals surface area contributed by atoms with Crippen LogP contribution in [0.5, 0.6) is 0 Å². The van der Waals surface area contributed by atoms with Gasteiger partial charge in [0.25, 0.3) is 0 Å². The summed E-state index contributed by atoms with van der Waals surface area (Å²) in [6, 6.07) is 3.43. The largest absolute Gasteiger partial charge is 0.508 e. The van der Waals surface area contributed by atoms with Crippen LogP contribution in [-0.2, 0) is 19.8 Å². The number of hydrogen-bond donors (Lipinski definition) is 3. The average Bonchev–Trinajstić information content (AvgIpc) is 3.47. The second-order valence-electron chi connectivity index (χ2n) is 10.8. The van der Waals surface area contributed by atoms with Gasteiger partial charge in [-0.05, 0) is 44.2 Å². The Hall–Kier alpha value is -2.43. The fraction of sp³-hybridized carbons (Fsp3) is 0.696. The molecular formula is C23H32N4O6. The predicted molar refractivity (Wildman–Crippen MR) is 117 cm³/mol. The minimum atomic E-state index is -1.30. The van der Waals surface area contributed by atoms with Gasteiger partial charge in [0.05, 0.1) is 5.69 Å². The fourth-order valence-electron chi connectivity index (χ4n) is 6.49. The van der Waals surface area contributed by atoms with Gasteiger partial charge in [0.2, 0.25) is 0 Å². The molecule has 3 fully saturated rings. The molecule has 180 valence electrons. The van der Waals surface area contributed by atoms with Crippen LogP contribution in [0, 0.1) is 16.7 Å². The van der Waals surface area contributed by atoms with Gasteiger partial charge in [0.1, 0.15) is 48.5 Å². The molecule has 2 unspecified atom stereocenters. The van der Waals surface area contributed by atoms with Gasteiger partial charge in [-0.2, -0.15) is 5.10 Å². The molecule has 7 atom stereocenters. The normalized spacial score (nSPS) is 39.3. The Bertz CT molecular complexity index is 1080. The van der Waals surface area contributed by atoms with E-state index in [4.69, 9.17) is 19.9 Å². The molecule has 10 nitrogen and oxygen atoms in total. The highest BCUT2D eigenvalue weighted by Crippen LogP contribution is 2.63. The first-order valence-corrected chi connectivity index (χ1v) is 11.4. The standard InChI is InChI=1S/C23H32N4O6/c1-21(2)12-7-8-22(3,9-12)19(21)32-20(30)31-10-14-16(28)17(29)23(4,33-14)15-6-5-13-18(24)25-11-26-27(13)15/h5-6,11-12,14,16-17,19,28-29H,7-10H2,1-4H3,(H2,24,25,26)/t12?,14-,16-,17-,19+,22?,23+/m1/s1. The number of aliphatic hydroxyl groups is 2. The number of nitrogen functional groups attached to an aromatic ring is 1. The maximum Gasteiger partial charge on any atom is 0.508 e. The molecule has 2 saturated carbocycles. The SMILES string of the molecule is CC12CCC(C1)C(C)(C)[C@@H]2OC(=O)OC[C@H]1O[C@@](C)(c2ccc3c(N)ncnn23)[C@H](O)[C@@H]1O. The molecule has 1 saturated heterocycles. The zero-order valence-electron chi connectivity index (χ0n) is 19.4. The van der Waals surface area contributed by atoms with E-state index < -0.39 is 30.1 Å². The third-order valence-corrected chi connectivity index (χ3v) is 8.37. The molecule has 4 N–H and O–H groups in total. The Morgan fingerprint density at radius 1 is 1.30 bits per heavy atom. The topological polar surface area (TPSA) is 141 Å². The maximum atomic E-state index is 12.6. The lowest BCUT2D eigenvalue weighted by atomic mass is 9.70. The molecule has 2 bridgehead atoms. The number of fused-ring (bicyclic) bond motifs is 3. The third kappa shape index (κ3) is 3.22. The fourth-order valence-corrected chi connectivity index (χ4v) is 6.49. The minimum Gasteiger partial charge on any atom is -0.431 e. The molecule has 3 heterocycles. The number of nitrogens with zero attached hydrogens (tertiary/aromatic N) is 3. The quantitative estimate of drug-likeness (QED) is 0.584. The highest BCUT2D eigenvalue weighted by molar-refractivity contribution is 5.65. The van der Waals surface area contributed by atoms with E-state index in [9.17, 15) is 15.0 Å². The van der Waals surface area contributed by atoms with Crippen molar-refractivity contribution in [2.24, 2.45) is 16.7 Å². The van der Waals surface area contributed by atoms with Gasteiger partial charge in [0, 0.05) is 10.8 Å². The van der Waals surface area contributed by atoms with Gasteiger partial charge < -0.3 is 30.2 Å². The molecule has 0 radical (unpaired) electrons. The maximum absolute atomic E-state index is 12.6.